The van der Waals surface area contributed by atoms with Gasteiger partial charge < -0.3 is 5.11 Å². The Balaban J connectivity index is 2.52. The molecule has 0 amide bonds. The van der Waals surface area contributed by atoms with E-state index in [0.29, 0.717) is 11.6 Å². The minimum atomic E-state index is 0.176. The summed E-state index contributed by atoms with van der Waals surface area (Å²) in [5.41, 5.74) is 0.531. The number of pyridine rings is 1. The zero-order valence-corrected chi connectivity index (χ0v) is 8.31. The van der Waals surface area contributed by atoms with Gasteiger partial charge >= 0.3 is 0 Å². The van der Waals surface area contributed by atoms with Gasteiger partial charge in [-0.2, -0.15) is 0 Å². The zero-order valence-electron chi connectivity index (χ0n) is 8.31. The fourth-order valence-electron chi connectivity index (χ4n) is 1.45. The first kappa shape index (κ1) is 8.99. The van der Waals surface area contributed by atoms with Gasteiger partial charge in [-0.05, 0) is 18.1 Å². The Kier molecular flexibility index (Phi) is 2.11. The van der Waals surface area contributed by atoms with Gasteiger partial charge in [0.15, 0.2) is 5.75 Å². The van der Waals surface area contributed by atoms with Crippen LogP contribution < -0.4 is 0 Å². The van der Waals surface area contributed by atoms with Gasteiger partial charge in [0, 0.05) is 12.6 Å². The van der Waals surface area contributed by atoms with Gasteiger partial charge in [0.1, 0.15) is 5.82 Å². The van der Waals surface area contributed by atoms with Crippen molar-refractivity contribution in [2.75, 3.05) is 0 Å². The van der Waals surface area contributed by atoms with Gasteiger partial charge in [-0.15, -0.1) is 10.2 Å². The fourth-order valence-corrected chi connectivity index (χ4v) is 1.45. The molecule has 0 aliphatic heterocycles. The molecule has 74 valence electrons. The van der Waals surface area contributed by atoms with Crippen molar-refractivity contribution in [3.05, 3.63) is 24.2 Å². The lowest BCUT2D eigenvalue weighted by molar-refractivity contribution is 0.477. The van der Waals surface area contributed by atoms with Crippen molar-refractivity contribution in [3.8, 4) is 5.75 Å². The number of hydrogen-bond donors (Lipinski definition) is 1. The predicted molar refractivity (Wildman–Crippen MR) is 53.2 cm³/mol. The molecule has 0 saturated carbocycles. The van der Waals surface area contributed by atoms with E-state index in [1.807, 2.05) is 10.6 Å². The number of aromatic hydroxyl groups is 1. The molecule has 2 aromatic rings. The number of rotatable bonds is 2. The summed E-state index contributed by atoms with van der Waals surface area (Å²) in [6.45, 7) is 4.26. The maximum absolute atomic E-state index is 9.50. The molecule has 14 heavy (non-hydrogen) atoms. The van der Waals surface area contributed by atoms with Crippen molar-refractivity contribution in [1.29, 1.82) is 0 Å². The van der Waals surface area contributed by atoms with Crippen molar-refractivity contribution in [3.63, 3.8) is 0 Å². The summed E-state index contributed by atoms with van der Waals surface area (Å²) in [6, 6.07) is 3.40. The summed E-state index contributed by atoms with van der Waals surface area (Å²) >= 11 is 0. The Morgan fingerprint density at radius 3 is 2.93 bits per heavy atom. The smallest absolute Gasteiger partial charge is 0.203 e. The molecule has 0 saturated heterocycles. The lowest BCUT2D eigenvalue weighted by Gasteiger charge is -2.02. The Bertz CT molecular complexity index is 448. The highest BCUT2D eigenvalue weighted by atomic mass is 16.3. The van der Waals surface area contributed by atoms with Crippen molar-refractivity contribution in [2.24, 2.45) is 5.92 Å². The number of fused-ring (bicyclic) bond motifs is 1. The lowest BCUT2D eigenvalue weighted by Crippen LogP contribution is -1.99. The lowest BCUT2D eigenvalue weighted by atomic mass is 10.1. The van der Waals surface area contributed by atoms with Crippen molar-refractivity contribution in [1.82, 2.24) is 14.6 Å². The molecule has 2 heterocycles. The number of aromatic nitrogens is 3. The normalized spacial score (nSPS) is 11.4. The standard InChI is InChI=1S/C10H13N3O/c1-7(2)6-9-11-12-10-8(14)4-3-5-13(9)10/h3-5,7,14H,6H2,1-2H3. The second-order valence-corrected chi connectivity index (χ2v) is 3.80. The van der Waals surface area contributed by atoms with E-state index in [-0.39, 0.29) is 5.75 Å². The van der Waals surface area contributed by atoms with Gasteiger partial charge in [-0.3, -0.25) is 4.40 Å². The molecule has 2 rings (SSSR count). The third-order valence-electron chi connectivity index (χ3n) is 2.08. The maximum atomic E-state index is 9.50. The summed E-state index contributed by atoms with van der Waals surface area (Å²) in [5.74, 6) is 1.60. The second kappa shape index (κ2) is 3.29. The molecular weight excluding hydrogens is 178 g/mol. The van der Waals surface area contributed by atoms with Gasteiger partial charge in [-0.25, -0.2) is 0 Å². The molecule has 4 nitrogen and oxygen atoms in total. The van der Waals surface area contributed by atoms with Crippen LogP contribution in [0.3, 0.4) is 0 Å². The fraction of sp³-hybridized carbons (Fsp3) is 0.400. The summed E-state index contributed by atoms with van der Waals surface area (Å²) in [6.07, 6.45) is 2.73. The topological polar surface area (TPSA) is 50.4 Å². The average molecular weight is 191 g/mol. The molecule has 0 aliphatic carbocycles. The van der Waals surface area contributed by atoms with Crippen LogP contribution in [0.25, 0.3) is 5.65 Å². The van der Waals surface area contributed by atoms with E-state index in [9.17, 15) is 5.11 Å². The van der Waals surface area contributed by atoms with Crippen LogP contribution in [0.5, 0.6) is 5.75 Å². The molecule has 0 bridgehead atoms. The molecular formula is C10H13N3O. The van der Waals surface area contributed by atoms with E-state index in [1.54, 1.807) is 12.1 Å². The van der Waals surface area contributed by atoms with E-state index in [0.717, 1.165) is 12.2 Å². The van der Waals surface area contributed by atoms with Crippen molar-refractivity contribution < 1.29 is 5.11 Å². The van der Waals surface area contributed by atoms with Crippen molar-refractivity contribution in [2.45, 2.75) is 20.3 Å². The minimum Gasteiger partial charge on any atom is -0.504 e. The quantitative estimate of drug-likeness (QED) is 0.785. The Hall–Kier alpha value is -1.58. The van der Waals surface area contributed by atoms with Crippen LogP contribution in [0.15, 0.2) is 18.3 Å². The van der Waals surface area contributed by atoms with Crippen LogP contribution in [0.4, 0.5) is 0 Å². The highest BCUT2D eigenvalue weighted by molar-refractivity contribution is 5.51. The predicted octanol–water partition coefficient (Wildman–Crippen LogP) is 1.63. The third kappa shape index (κ3) is 1.43. The van der Waals surface area contributed by atoms with Crippen LogP contribution in [-0.2, 0) is 6.42 Å². The summed E-state index contributed by atoms with van der Waals surface area (Å²) in [4.78, 5) is 0. The Labute approximate surface area is 82.2 Å². The average Bonchev–Trinajstić information content (AvgIpc) is 2.49. The van der Waals surface area contributed by atoms with E-state index in [1.165, 1.54) is 0 Å². The van der Waals surface area contributed by atoms with E-state index >= 15 is 0 Å². The van der Waals surface area contributed by atoms with Crippen molar-refractivity contribution >= 4 is 5.65 Å². The minimum absolute atomic E-state index is 0.176. The van der Waals surface area contributed by atoms with Crippen LogP contribution in [0.2, 0.25) is 0 Å². The van der Waals surface area contributed by atoms with Gasteiger partial charge in [0.2, 0.25) is 5.65 Å². The Morgan fingerprint density at radius 2 is 2.21 bits per heavy atom. The first-order chi connectivity index (χ1) is 6.68. The monoisotopic (exact) mass is 191 g/mol. The number of nitrogens with zero attached hydrogens (tertiary/aromatic N) is 3. The molecule has 0 aliphatic rings. The first-order valence-corrected chi connectivity index (χ1v) is 4.70. The maximum Gasteiger partial charge on any atom is 0.203 e. The highest BCUT2D eigenvalue weighted by Crippen LogP contribution is 2.17. The van der Waals surface area contributed by atoms with Crippen LogP contribution in [-0.4, -0.2) is 19.7 Å². The summed E-state index contributed by atoms with van der Waals surface area (Å²) in [5, 5.41) is 17.5. The molecule has 0 spiro atoms. The van der Waals surface area contributed by atoms with E-state index in [2.05, 4.69) is 24.0 Å². The molecule has 4 heteroatoms. The van der Waals surface area contributed by atoms with E-state index < -0.39 is 0 Å². The van der Waals surface area contributed by atoms with E-state index in [4.69, 9.17) is 0 Å². The third-order valence-corrected chi connectivity index (χ3v) is 2.08. The van der Waals surface area contributed by atoms with Gasteiger partial charge in [0.25, 0.3) is 0 Å². The van der Waals surface area contributed by atoms with Gasteiger partial charge in [-0.1, -0.05) is 13.8 Å². The molecule has 0 atom stereocenters. The molecule has 2 aromatic heterocycles. The number of hydrogen-bond acceptors (Lipinski definition) is 3. The summed E-state index contributed by atoms with van der Waals surface area (Å²) < 4.78 is 1.83. The molecule has 0 aromatic carbocycles. The van der Waals surface area contributed by atoms with Crippen LogP contribution in [0.1, 0.15) is 19.7 Å². The SMILES string of the molecule is CC(C)Cc1nnc2c(O)cccn12. The molecule has 0 fully saturated rings. The molecule has 0 unspecified atom stereocenters. The molecule has 0 radical (unpaired) electrons. The van der Waals surface area contributed by atoms with Gasteiger partial charge in [0.05, 0.1) is 0 Å². The van der Waals surface area contributed by atoms with Crippen LogP contribution >= 0.6 is 0 Å². The first-order valence-electron chi connectivity index (χ1n) is 4.70. The summed E-state index contributed by atoms with van der Waals surface area (Å²) in [7, 11) is 0. The highest BCUT2D eigenvalue weighted by Gasteiger charge is 2.09. The second-order valence-electron chi connectivity index (χ2n) is 3.80. The van der Waals surface area contributed by atoms with Crippen LogP contribution in [0, 0.1) is 5.92 Å². The molecule has 1 N–H and O–H groups in total. The zero-order chi connectivity index (χ0) is 10.1. The Morgan fingerprint density at radius 1 is 1.43 bits per heavy atom. The largest absolute Gasteiger partial charge is 0.504 e.